The van der Waals surface area contributed by atoms with Crippen LogP contribution in [0.25, 0.3) is 0 Å². The average molecular weight is 351 g/mol. The number of hydrogen-bond acceptors (Lipinski definition) is 5. The molecule has 0 atom stereocenters. The van der Waals surface area contributed by atoms with E-state index in [0.29, 0.717) is 16.2 Å². The third-order valence-corrected chi connectivity index (χ3v) is 4.12. The highest BCUT2D eigenvalue weighted by molar-refractivity contribution is 9.10. The van der Waals surface area contributed by atoms with Crippen LogP contribution in [0.3, 0.4) is 0 Å². The van der Waals surface area contributed by atoms with Crippen molar-refractivity contribution in [2.75, 3.05) is 24.7 Å². The Morgan fingerprint density at radius 2 is 1.95 bits per heavy atom. The van der Waals surface area contributed by atoms with Crippen molar-refractivity contribution in [2.45, 2.75) is 26.2 Å². The van der Waals surface area contributed by atoms with E-state index in [9.17, 15) is 8.42 Å². The third kappa shape index (κ3) is 5.42. The van der Waals surface area contributed by atoms with E-state index in [1.807, 2.05) is 20.8 Å². The Labute approximate surface area is 122 Å². The molecule has 0 amide bonds. The molecule has 1 aromatic rings. The normalized spacial score (nSPS) is 12.5. The van der Waals surface area contributed by atoms with Crippen LogP contribution in [-0.2, 0) is 15.4 Å². The van der Waals surface area contributed by atoms with Crippen molar-refractivity contribution < 1.29 is 8.42 Å². The average Bonchev–Trinajstić information content (AvgIpc) is 2.27. The molecule has 0 saturated heterocycles. The van der Waals surface area contributed by atoms with E-state index >= 15 is 0 Å². The van der Waals surface area contributed by atoms with E-state index in [-0.39, 0.29) is 17.7 Å². The highest BCUT2D eigenvalue weighted by Gasteiger charge is 2.18. The summed E-state index contributed by atoms with van der Waals surface area (Å²) in [6, 6.07) is 1.72. The molecule has 0 aromatic carbocycles. The van der Waals surface area contributed by atoms with Crippen molar-refractivity contribution in [3.63, 3.8) is 0 Å². The maximum Gasteiger partial charge on any atom is 0.213 e. The van der Waals surface area contributed by atoms with Crippen molar-refractivity contribution in [3.05, 3.63) is 16.5 Å². The van der Waals surface area contributed by atoms with Crippen LogP contribution in [0.15, 0.2) is 10.7 Å². The Bertz CT molecular complexity index is 540. The Morgan fingerprint density at radius 3 is 2.47 bits per heavy atom. The zero-order chi connectivity index (χ0) is 14.7. The van der Waals surface area contributed by atoms with Crippen molar-refractivity contribution in [1.82, 2.24) is 14.7 Å². The number of nitrogens with zero attached hydrogens (tertiary/aromatic N) is 2. The van der Waals surface area contributed by atoms with Crippen molar-refractivity contribution in [1.29, 1.82) is 0 Å². The number of aromatic nitrogens is 2. The SMILES string of the molecule is CNS(=O)(=O)CCNc1cc(Br)nc(C(C)(C)C)n1. The van der Waals surface area contributed by atoms with Crippen molar-refractivity contribution in [3.8, 4) is 0 Å². The van der Waals surface area contributed by atoms with Gasteiger partial charge in [-0.05, 0) is 23.0 Å². The Morgan fingerprint density at radius 1 is 1.32 bits per heavy atom. The summed E-state index contributed by atoms with van der Waals surface area (Å²) in [7, 11) is -1.81. The lowest BCUT2D eigenvalue weighted by molar-refractivity contribution is 0.544. The maximum atomic E-state index is 11.3. The van der Waals surface area contributed by atoms with Crippen LogP contribution < -0.4 is 10.0 Å². The van der Waals surface area contributed by atoms with Gasteiger partial charge in [-0.3, -0.25) is 0 Å². The molecular weight excluding hydrogens is 332 g/mol. The topological polar surface area (TPSA) is 84.0 Å². The van der Waals surface area contributed by atoms with Gasteiger partial charge in [0.15, 0.2) is 0 Å². The van der Waals surface area contributed by atoms with Gasteiger partial charge in [-0.1, -0.05) is 20.8 Å². The van der Waals surface area contributed by atoms with Gasteiger partial charge < -0.3 is 5.32 Å². The Balaban J connectivity index is 2.77. The molecule has 0 spiro atoms. The van der Waals surface area contributed by atoms with Crippen molar-refractivity contribution >= 4 is 31.8 Å². The molecule has 0 aliphatic carbocycles. The molecule has 6 nitrogen and oxygen atoms in total. The molecule has 0 aliphatic rings. The fraction of sp³-hybridized carbons (Fsp3) is 0.636. The quantitative estimate of drug-likeness (QED) is 0.786. The van der Waals surface area contributed by atoms with Gasteiger partial charge >= 0.3 is 0 Å². The van der Waals surface area contributed by atoms with E-state index in [4.69, 9.17) is 0 Å². The van der Waals surface area contributed by atoms with Crippen LogP contribution in [0, 0.1) is 0 Å². The van der Waals surface area contributed by atoms with Gasteiger partial charge in [0.1, 0.15) is 16.2 Å². The molecule has 2 N–H and O–H groups in total. The van der Waals surface area contributed by atoms with E-state index in [0.717, 1.165) is 0 Å². The fourth-order valence-electron chi connectivity index (χ4n) is 1.26. The van der Waals surface area contributed by atoms with E-state index in [1.165, 1.54) is 7.05 Å². The first kappa shape index (κ1) is 16.3. The minimum atomic E-state index is -3.21. The first-order valence-corrected chi connectivity index (χ1v) is 8.29. The fourth-order valence-corrected chi connectivity index (χ4v) is 2.22. The van der Waals surface area contributed by atoms with Crippen LogP contribution in [0.2, 0.25) is 0 Å². The molecule has 0 bridgehead atoms. The summed E-state index contributed by atoms with van der Waals surface area (Å²) in [4.78, 5) is 8.70. The minimum absolute atomic E-state index is 0.00399. The summed E-state index contributed by atoms with van der Waals surface area (Å²) in [5, 5.41) is 2.99. The summed E-state index contributed by atoms with van der Waals surface area (Å²) in [5.41, 5.74) is -0.169. The molecular formula is C11H19BrN4O2S. The highest BCUT2D eigenvalue weighted by atomic mass is 79.9. The molecule has 1 rings (SSSR count). The standard InChI is InChI=1S/C11H19BrN4O2S/c1-11(2,3)10-15-8(12)7-9(16-10)14-5-6-19(17,18)13-4/h7,13H,5-6H2,1-4H3,(H,14,15,16). The number of anilines is 1. The summed E-state index contributed by atoms with van der Waals surface area (Å²) in [6.45, 7) is 6.34. The monoisotopic (exact) mass is 350 g/mol. The molecule has 8 heteroatoms. The van der Waals surface area contributed by atoms with Gasteiger partial charge in [0.05, 0.1) is 5.75 Å². The molecule has 1 aromatic heterocycles. The first-order valence-electron chi connectivity index (χ1n) is 5.84. The lowest BCUT2D eigenvalue weighted by Gasteiger charge is -2.17. The summed E-state index contributed by atoms with van der Waals surface area (Å²) >= 11 is 3.33. The predicted molar refractivity (Wildman–Crippen MR) is 79.8 cm³/mol. The second kappa shape index (κ2) is 6.15. The first-order chi connectivity index (χ1) is 8.64. The van der Waals surface area contributed by atoms with Gasteiger partial charge in [0.25, 0.3) is 0 Å². The summed E-state index contributed by atoms with van der Waals surface area (Å²) in [6.07, 6.45) is 0. The van der Waals surface area contributed by atoms with Gasteiger partial charge in [-0.15, -0.1) is 0 Å². The summed E-state index contributed by atoms with van der Waals surface area (Å²) in [5.74, 6) is 1.30. The van der Waals surface area contributed by atoms with Crippen molar-refractivity contribution in [2.24, 2.45) is 0 Å². The maximum absolute atomic E-state index is 11.3. The third-order valence-electron chi connectivity index (χ3n) is 2.35. The van der Waals surface area contributed by atoms with Crippen LogP contribution in [0.1, 0.15) is 26.6 Å². The molecule has 0 aliphatic heterocycles. The van der Waals surface area contributed by atoms with Crippen LogP contribution in [0.4, 0.5) is 5.82 Å². The lowest BCUT2D eigenvalue weighted by atomic mass is 9.96. The zero-order valence-corrected chi connectivity index (χ0v) is 13.9. The van der Waals surface area contributed by atoms with Crippen LogP contribution in [0.5, 0.6) is 0 Å². The zero-order valence-electron chi connectivity index (χ0n) is 11.5. The van der Waals surface area contributed by atoms with Gasteiger partial charge in [0.2, 0.25) is 10.0 Å². The smallest absolute Gasteiger partial charge is 0.213 e. The predicted octanol–water partition coefficient (Wildman–Crippen LogP) is 1.50. The molecule has 0 unspecified atom stereocenters. The van der Waals surface area contributed by atoms with Crippen LogP contribution in [-0.4, -0.2) is 37.7 Å². The molecule has 19 heavy (non-hydrogen) atoms. The number of nitrogens with one attached hydrogen (secondary N) is 2. The summed E-state index contributed by atoms with van der Waals surface area (Å²) < 4.78 is 25.5. The molecule has 1 heterocycles. The number of rotatable bonds is 5. The van der Waals surface area contributed by atoms with E-state index in [2.05, 4.69) is 35.9 Å². The number of sulfonamides is 1. The Hall–Kier alpha value is -0.730. The largest absolute Gasteiger partial charge is 0.369 e. The minimum Gasteiger partial charge on any atom is -0.369 e. The second-order valence-corrected chi connectivity index (χ2v) is 7.96. The number of halogens is 1. The second-order valence-electron chi connectivity index (χ2n) is 5.10. The van der Waals surface area contributed by atoms with Gasteiger partial charge in [-0.2, -0.15) is 0 Å². The van der Waals surface area contributed by atoms with Gasteiger partial charge in [0, 0.05) is 18.0 Å². The highest BCUT2D eigenvalue weighted by Crippen LogP contribution is 2.22. The Kier molecular flexibility index (Phi) is 5.28. The molecule has 0 saturated carbocycles. The number of hydrogen-bond donors (Lipinski definition) is 2. The van der Waals surface area contributed by atoms with E-state index < -0.39 is 10.0 Å². The van der Waals surface area contributed by atoms with E-state index in [1.54, 1.807) is 6.07 Å². The van der Waals surface area contributed by atoms with Gasteiger partial charge in [-0.25, -0.2) is 23.1 Å². The lowest BCUT2D eigenvalue weighted by Crippen LogP contribution is -2.26. The molecule has 0 radical (unpaired) electrons. The molecule has 108 valence electrons. The molecule has 0 fully saturated rings. The van der Waals surface area contributed by atoms with Crippen LogP contribution >= 0.6 is 15.9 Å².